The van der Waals surface area contributed by atoms with Gasteiger partial charge in [-0.1, -0.05) is 45.4 Å². The highest BCUT2D eigenvalue weighted by molar-refractivity contribution is 5.69. The molecule has 0 spiro atoms. The third kappa shape index (κ3) is 13.0. The van der Waals surface area contributed by atoms with Crippen molar-refractivity contribution in [2.24, 2.45) is 0 Å². The molecular formula is C15H27NO2. The van der Waals surface area contributed by atoms with Crippen molar-refractivity contribution in [1.29, 1.82) is 5.26 Å². The molecule has 0 aromatic carbocycles. The molecule has 3 heteroatoms. The van der Waals surface area contributed by atoms with Crippen molar-refractivity contribution in [1.82, 2.24) is 0 Å². The second-order valence-corrected chi connectivity index (χ2v) is 4.71. The molecule has 18 heavy (non-hydrogen) atoms. The fourth-order valence-electron chi connectivity index (χ4n) is 1.82. The van der Waals surface area contributed by atoms with Gasteiger partial charge in [-0.05, 0) is 19.3 Å². The highest BCUT2D eigenvalue weighted by Crippen LogP contribution is 2.10. The molecule has 0 aromatic heterocycles. The van der Waals surface area contributed by atoms with E-state index in [4.69, 9.17) is 10.00 Å². The van der Waals surface area contributed by atoms with Crippen LogP contribution in [0, 0.1) is 11.3 Å². The van der Waals surface area contributed by atoms with Crippen molar-refractivity contribution in [3.63, 3.8) is 0 Å². The summed E-state index contributed by atoms with van der Waals surface area (Å²) >= 11 is 0. The minimum atomic E-state index is -0.0478. The normalized spacial score (nSPS) is 10.0. The van der Waals surface area contributed by atoms with Crippen LogP contribution in [0.25, 0.3) is 0 Å². The fourth-order valence-corrected chi connectivity index (χ4v) is 1.82. The maximum Gasteiger partial charge on any atom is 0.305 e. The van der Waals surface area contributed by atoms with Crippen LogP contribution < -0.4 is 0 Å². The Balaban J connectivity index is 3.07. The first-order valence-electron chi connectivity index (χ1n) is 7.33. The summed E-state index contributed by atoms with van der Waals surface area (Å²) in [5.74, 6) is -0.0478. The minimum absolute atomic E-state index is 0.0478. The number of nitrogens with zero attached hydrogens (tertiary/aromatic N) is 1. The Hall–Kier alpha value is -1.04. The molecule has 0 unspecified atom stereocenters. The molecule has 0 heterocycles. The third-order valence-corrected chi connectivity index (χ3v) is 2.89. The van der Waals surface area contributed by atoms with Crippen molar-refractivity contribution >= 4 is 5.97 Å². The van der Waals surface area contributed by atoms with Gasteiger partial charge in [0.15, 0.2) is 0 Å². The Bertz CT molecular complexity index is 233. The number of rotatable bonds is 12. The maximum absolute atomic E-state index is 11.2. The Morgan fingerprint density at radius 2 is 1.56 bits per heavy atom. The van der Waals surface area contributed by atoms with E-state index in [1.54, 1.807) is 0 Å². The lowest BCUT2D eigenvalue weighted by molar-refractivity contribution is -0.143. The van der Waals surface area contributed by atoms with Crippen LogP contribution in [0.5, 0.6) is 0 Å². The van der Waals surface area contributed by atoms with Crippen LogP contribution in [0.4, 0.5) is 0 Å². The molecule has 3 nitrogen and oxygen atoms in total. The molecule has 0 bridgehead atoms. The molecule has 0 aliphatic heterocycles. The minimum Gasteiger partial charge on any atom is -0.466 e. The average Bonchev–Trinajstić information content (AvgIpc) is 2.38. The van der Waals surface area contributed by atoms with Crippen LogP contribution >= 0.6 is 0 Å². The lowest BCUT2D eigenvalue weighted by Gasteiger charge is -2.03. The second-order valence-electron chi connectivity index (χ2n) is 4.71. The monoisotopic (exact) mass is 253 g/mol. The number of nitriles is 1. The molecule has 0 atom stereocenters. The first-order valence-corrected chi connectivity index (χ1v) is 7.33. The quantitative estimate of drug-likeness (QED) is 0.383. The predicted octanol–water partition coefficient (Wildman–Crippen LogP) is 4.36. The van der Waals surface area contributed by atoms with Crippen molar-refractivity contribution in [3.8, 4) is 6.07 Å². The summed E-state index contributed by atoms with van der Waals surface area (Å²) in [4.78, 5) is 11.2. The van der Waals surface area contributed by atoms with Crippen LogP contribution in [-0.4, -0.2) is 12.6 Å². The number of unbranched alkanes of at least 4 members (excludes halogenated alkanes) is 8. The highest BCUT2D eigenvalue weighted by atomic mass is 16.5. The van der Waals surface area contributed by atoms with Crippen LogP contribution in [-0.2, 0) is 9.53 Å². The van der Waals surface area contributed by atoms with Gasteiger partial charge in [-0.25, -0.2) is 0 Å². The molecule has 0 amide bonds. The molecule has 0 aromatic rings. The van der Waals surface area contributed by atoms with E-state index in [0.717, 1.165) is 25.7 Å². The topological polar surface area (TPSA) is 50.1 Å². The zero-order valence-corrected chi connectivity index (χ0v) is 11.7. The van der Waals surface area contributed by atoms with Crippen LogP contribution in [0.15, 0.2) is 0 Å². The molecule has 0 aliphatic rings. The number of esters is 1. The molecule has 0 rings (SSSR count). The van der Waals surface area contributed by atoms with E-state index in [9.17, 15) is 4.79 Å². The van der Waals surface area contributed by atoms with Crippen molar-refractivity contribution in [2.45, 2.75) is 77.6 Å². The van der Waals surface area contributed by atoms with E-state index in [1.165, 1.54) is 32.1 Å². The summed E-state index contributed by atoms with van der Waals surface area (Å²) in [7, 11) is 0. The summed E-state index contributed by atoms with van der Waals surface area (Å²) in [6.07, 6.45) is 11.4. The SMILES string of the molecule is CCCOC(=O)CCCCCCCCCCC#N. The zero-order valence-electron chi connectivity index (χ0n) is 11.7. The van der Waals surface area contributed by atoms with E-state index < -0.39 is 0 Å². The molecular weight excluding hydrogens is 226 g/mol. The van der Waals surface area contributed by atoms with Crippen LogP contribution in [0.3, 0.4) is 0 Å². The second kappa shape index (κ2) is 14.0. The van der Waals surface area contributed by atoms with E-state index in [-0.39, 0.29) is 5.97 Å². The van der Waals surface area contributed by atoms with E-state index >= 15 is 0 Å². The van der Waals surface area contributed by atoms with Gasteiger partial charge in [0, 0.05) is 12.8 Å². The summed E-state index contributed by atoms with van der Waals surface area (Å²) < 4.78 is 5.01. The molecule has 0 saturated carbocycles. The van der Waals surface area contributed by atoms with E-state index in [1.807, 2.05) is 6.92 Å². The van der Waals surface area contributed by atoms with Gasteiger partial charge in [-0.2, -0.15) is 5.26 Å². The standard InChI is InChI=1S/C15H27NO2/c1-2-14-18-15(17)12-10-8-6-4-3-5-7-9-11-13-16/h2-12,14H2,1H3. The molecule has 0 radical (unpaired) electrons. The van der Waals surface area contributed by atoms with Gasteiger partial charge >= 0.3 is 5.97 Å². The van der Waals surface area contributed by atoms with E-state index in [0.29, 0.717) is 19.4 Å². The lowest BCUT2D eigenvalue weighted by Crippen LogP contribution is -2.04. The first-order chi connectivity index (χ1) is 8.81. The maximum atomic E-state index is 11.2. The smallest absolute Gasteiger partial charge is 0.305 e. The van der Waals surface area contributed by atoms with Gasteiger partial charge in [-0.3, -0.25) is 4.79 Å². The summed E-state index contributed by atoms with van der Waals surface area (Å²) in [5.41, 5.74) is 0. The number of hydrogen-bond acceptors (Lipinski definition) is 3. The Morgan fingerprint density at radius 1 is 1.00 bits per heavy atom. The van der Waals surface area contributed by atoms with E-state index in [2.05, 4.69) is 6.07 Å². The fraction of sp³-hybridized carbons (Fsp3) is 0.867. The van der Waals surface area contributed by atoms with Gasteiger partial charge in [0.25, 0.3) is 0 Å². The summed E-state index contributed by atoms with van der Waals surface area (Å²) in [6, 6.07) is 2.17. The number of carbonyl (C=O) groups is 1. The Labute approximate surface area is 112 Å². The average molecular weight is 253 g/mol. The molecule has 0 aliphatic carbocycles. The molecule has 0 fully saturated rings. The van der Waals surface area contributed by atoms with Crippen LogP contribution in [0.1, 0.15) is 77.6 Å². The Morgan fingerprint density at radius 3 is 2.11 bits per heavy atom. The van der Waals surface area contributed by atoms with Crippen LogP contribution in [0.2, 0.25) is 0 Å². The van der Waals surface area contributed by atoms with Gasteiger partial charge in [-0.15, -0.1) is 0 Å². The largest absolute Gasteiger partial charge is 0.466 e. The van der Waals surface area contributed by atoms with Gasteiger partial charge in [0.2, 0.25) is 0 Å². The predicted molar refractivity (Wildman–Crippen MR) is 73.0 cm³/mol. The highest BCUT2D eigenvalue weighted by Gasteiger charge is 2.01. The lowest BCUT2D eigenvalue weighted by atomic mass is 10.1. The molecule has 0 N–H and O–H groups in total. The van der Waals surface area contributed by atoms with Gasteiger partial charge in [0.1, 0.15) is 0 Å². The van der Waals surface area contributed by atoms with Crippen molar-refractivity contribution in [3.05, 3.63) is 0 Å². The van der Waals surface area contributed by atoms with Gasteiger partial charge in [0.05, 0.1) is 12.7 Å². The number of carbonyl (C=O) groups excluding carboxylic acids is 1. The third-order valence-electron chi connectivity index (χ3n) is 2.89. The molecule has 0 saturated heterocycles. The first kappa shape index (κ1) is 17.0. The summed E-state index contributed by atoms with van der Waals surface area (Å²) in [5, 5.41) is 8.38. The van der Waals surface area contributed by atoms with Crippen molar-refractivity contribution < 1.29 is 9.53 Å². The zero-order chi connectivity index (χ0) is 13.5. The molecule has 104 valence electrons. The number of ether oxygens (including phenoxy) is 1. The van der Waals surface area contributed by atoms with Gasteiger partial charge < -0.3 is 4.74 Å². The summed E-state index contributed by atoms with van der Waals surface area (Å²) in [6.45, 7) is 2.56. The Kier molecular flexibility index (Phi) is 13.2. The van der Waals surface area contributed by atoms with Crippen molar-refractivity contribution in [2.75, 3.05) is 6.61 Å². The number of hydrogen-bond donors (Lipinski definition) is 0.